The van der Waals surface area contributed by atoms with E-state index in [1.54, 1.807) is 24.3 Å². The first kappa shape index (κ1) is 19.4. The van der Waals surface area contributed by atoms with Gasteiger partial charge >= 0.3 is 0 Å². The fourth-order valence-electron chi connectivity index (χ4n) is 2.23. The summed E-state index contributed by atoms with van der Waals surface area (Å²) in [5.41, 5.74) is 6.93. The lowest BCUT2D eigenvalue weighted by Gasteiger charge is -2.15. The van der Waals surface area contributed by atoms with Gasteiger partial charge in [-0.1, -0.05) is 24.3 Å². The number of hydrogen-bond donors (Lipinski definition) is 3. The highest BCUT2D eigenvalue weighted by molar-refractivity contribution is 5.85. The molecule has 0 saturated carbocycles. The van der Waals surface area contributed by atoms with Crippen molar-refractivity contribution in [3.63, 3.8) is 0 Å². The van der Waals surface area contributed by atoms with E-state index in [0.717, 1.165) is 11.1 Å². The molecule has 0 radical (unpaired) electrons. The molecule has 1 atom stereocenters. The third-order valence-corrected chi connectivity index (χ3v) is 3.71. The molecule has 2 aromatic rings. The van der Waals surface area contributed by atoms with Crippen molar-refractivity contribution < 1.29 is 18.7 Å². The van der Waals surface area contributed by atoms with Crippen LogP contribution >= 0.6 is 0 Å². The number of carbonyl (C=O) groups is 2. The van der Waals surface area contributed by atoms with Crippen molar-refractivity contribution in [2.24, 2.45) is 5.73 Å². The van der Waals surface area contributed by atoms with Crippen molar-refractivity contribution in [2.75, 3.05) is 13.1 Å². The fourth-order valence-corrected chi connectivity index (χ4v) is 2.23. The Hall–Kier alpha value is -2.93. The first-order valence-electron chi connectivity index (χ1n) is 8.21. The van der Waals surface area contributed by atoms with E-state index >= 15 is 0 Å². The van der Waals surface area contributed by atoms with E-state index in [-0.39, 0.29) is 36.8 Å². The first-order valence-corrected chi connectivity index (χ1v) is 8.21. The van der Waals surface area contributed by atoms with Gasteiger partial charge in [-0.3, -0.25) is 9.59 Å². The average Bonchev–Trinajstić information content (AvgIpc) is 2.66. The second-order valence-corrected chi connectivity index (χ2v) is 5.75. The molecule has 0 aliphatic carbocycles. The van der Waals surface area contributed by atoms with Crippen LogP contribution in [0, 0.1) is 5.82 Å². The van der Waals surface area contributed by atoms with Gasteiger partial charge in [0.15, 0.2) is 0 Å². The van der Waals surface area contributed by atoms with Crippen LogP contribution in [0.25, 0.3) is 0 Å². The molecule has 0 aliphatic heterocycles. The van der Waals surface area contributed by atoms with Gasteiger partial charge in [0, 0.05) is 0 Å². The molecule has 0 aliphatic rings. The zero-order valence-corrected chi connectivity index (χ0v) is 14.5. The number of carbonyl (C=O) groups excluding carboxylic acids is 2. The monoisotopic (exact) mass is 359 g/mol. The Labute approximate surface area is 151 Å². The Kier molecular flexibility index (Phi) is 7.11. The van der Waals surface area contributed by atoms with Crippen LogP contribution in [0.4, 0.5) is 4.39 Å². The molecule has 6 nitrogen and oxygen atoms in total. The van der Waals surface area contributed by atoms with E-state index in [2.05, 4.69) is 10.6 Å². The zero-order chi connectivity index (χ0) is 18.9. The van der Waals surface area contributed by atoms with Crippen LogP contribution in [-0.2, 0) is 16.2 Å². The van der Waals surface area contributed by atoms with Gasteiger partial charge in [0.25, 0.3) is 0 Å². The molecule has 0 heterocycles. The maximum Gasteiger partial charge on any atom is 0.239 e. The molecule has 0 fully saturated rings. The van der Waals surface area contributed by atoms with Crippen molar-refractivity contribution >= 4 is 11.8 Å². The molecule has 0 bridgehead atoms. The van der Waals surface area contributed by atoms with Gasteiger partial charge in [-0.15, -0.1) is 0 Å². The van der Waals surface area contributed by atoms with Gasteiger partial charge in [0.2, 0.25) is 11.8 Å². The smallest absolute Gasteiger partial charge is 0.239 e. The second kappa shape index (κ2) is 9.53. The highest BCUT2D eigenvalue weighted by Crippen LogP contribution is 2.18. The summed E-state index contributed by atoms with van der Waals surface area (Å²) in [7, 11) is 0. The van der Waals surface area contributed by atoms with E-state index in [1.165, 1.54) is 12.1 Å². The number of hydrogen-bond acceptors (Lipinski definition) is 4. The lowest BCUT2D eigenvalue weighted by molar-refractivity contribution is -0.125. The third kappa shape index (κ3) is 6.18. The first-order chi connectivity index (χ1) is 12.5. The summed E-state index contributed by atoms with van der Waals surface area (Å²) in [5.74, 6) is -0.282. The van der Waals surface area contributed by atoms with Crippen LogP contribution in [0.5, 0.6) is 5.75 Å². The Bertz CT molecular complexity index is 733. The molecule has 0 spiro atoms. The van der Waals surface area contributed by atoms with Crippen molar-refractivity contribution in [1.29, 1.82) is 0 Å². The largest absolute Gasteiger partial charge is 0.489 e. The molecule has 2 rings (SSSR count). The van der Waals surface area contributed by atoms with E-state index < -0.39 is 0 Å². The van der Waals surface area contributed by atoms with E-state index in [0.29, 0.717) is 12.4 Å². The predicted molar refractivity (Wildman–Crippen MR) is 95.8 cm³/mol. The van der Waals surface area contributed by atoms with Crippen molar-refractivity contribution in [3.8, 4) is 5.75 Å². The van der Waals surface area contributed by atoms with Gasteiger partial charge in [-0.05, 0) is 42.3 Å². The van der Waals surface area contributed by atoms with E-state index in [4.69, 9.17) is 10.5 Å². The van der Waals surface area contributed by atoms with Crippen LogP contribution in [0.15, 0.2) is 48.5 Å². The van der Waals surface area contributed by atoms with Crippen LogP contribution in [0.1, 0.15) is 24.1 Å². The third-order valence-electron chi connectivity index (χ3n) is 3.71. The lowest BCUT2D eigenvalue weighted by atomic mass is 10.1. The minimum atomic E-state index is -0.379. The maximum absolute atomic E-state index is 12.9. The molecule has 2 amide bonds. The summed E-state index contributed by atoms with van der Waals surface area (Å²) < 4.78 is 18.5. The minimum absolute atomic E-state index is 0.112. The number of nitrogens with one attached hydrogen (secondary N) is 2. The highest BCUT2D eigenvalue weighted by atomic mass is 19.1. The molecule has 138 valence electrons. The number of ether oxygens (including phenoxy) is 1. The summed E-state index contributed by atoms with van der Waals surface area (Å²) in [5, 5.41) is 5.20. The normalized spacial score (nSPS) is 11.5. The van der Waals surface area contributed by atoms with Crippen molar-refractivity contribution in [1.82, 2.24) is 10.6 Å². The van der Waals surface area contributed by atoms with Gasteiger partial charge in [-0.25, -0.2) is 4.39 Å². The summed E-state index contributed by atoms with van der Waals surface area (Å²) in [4.78, 5) is 22.8. The molecule has 1 unspecified atom stereocenters. The Morgan fingerprint density at radius 1 is 1.08 bits per heavy atom. The highest BCUT2D eigenvalue weighted by Gasteiger charge is 2.10. The van der Waals surface area contributed by atoms with Crippen LogP contribution in [0.2, 0.25) is 0 Å². The Morgan fingerprint density at radius 2 is 1.73 bits per heavy atom. The lowest BCUT2D eigenvalue weighted by Crippen LogP contribution is -2.40. The van der Waals surface area contributed by atoms with Gasteiger partial charge < -0.3 is 21.1 Å². The molecule has 7 heteroatoms. The predicted octanol–water partition coefficient (Wildman–Crippen LogP) is 1.66. The Morgan fingerprint density at radius 3 is 2.35 bits per heavy atom. The van der Waals surface area contributed by atoms with Gasteiger partial charge in [0.05, 0.1) is 19.1 Å². The fraction of sp³-hybridized carbons (Fsp3) is 0.263. The van der Waals surface area contributed by atoms with Gasteiger partial charge in [-0.2, -0.15) is 0 Å². The number of benzene rings is 2. The van der Waals surface area contributed by atoms with E-state index in [9.17, 15) is 14.0 Å². The van der Waals surface area contributed by atoms with Crippen LogP contribution < -0.4 is 21.1 Å². The standard InChI is InChI=1S/C19H22FN3O3/c1-13(23-19(25)11-22-18(24)10-21)15-4-8-17(9-5-15)26-12-14-2-6-16(20)7-3-14/h2-9,13H,10-12,21H2,1H3,(H,22,24)(H,23,25). The van der Waals surface area contributed by atoms with Gasteiger partial charge in [0.1, 0.15) is 18.2 Å². The summed E-state index contributed by atoms with van der Waals surface area (Å²) in [6, 6.07) is 13.2. The molecule has 2 aromatic carbocycles. The number of nitrogens with two attached hydrogens (primary N) is 1. The minimum Gasteiger partial charge on any atom is -0.489 e. The zero-order valence-electron chi connectivity index (χ0n) is 14.5. The number of rotatable bonds is 8. The summed E-state index contributed by atoms with van der Waals surface area (Å²) in [6.45, 7) is 1.92. The van der Waals surface area contributed by atoms with Crippen molar-refractivity contribution in [2.45, 2.75) is 19.6 Å². The average molecular weight is 359 g/mol. The van der Waals surface area contributed by atoms with Crippen LogP contribution in [0.3, 0.4) is 0 Å². The molecular formula is C19H22FN3O3. The van der Waals surface area contributed by atoms with Crippen molar-refractivity contribution in [3.05, 3.63) is 65.5 Å². The van der Waals surface area contributed by atoms with Crippen LogP contribution in [-0.4, -0.2) is 24.9 Å². The Balaban J connectivity index is 1.82. The maximum atomic E-state index is 12.9. The molecule has 26 heavy (non-hydrogen) atoms. The number of halogens is 1. The number of amides is 2. The summed E-state index contributed by atoms with van der Waals surface area (Å²) >= 11 is 0. The molecule has 4 N–H and O–H groups in total. The second-order valence-electron chi connectivity index (χ2n) is 5.75. The van der Waals surface area contributed by atoms with E-state index in [1.807, 2.05) is 19.1 Å². The quantitative estimate of drug-likeness (QED) is 0.668. The molecule has 0 aromatic heterocycles. The molecular weight excluding hydrogens is 337 g/mol. The SMILES string of the molecule is CC(NC(=O)CNC(=O)CN)c1ccc(OCc2ccc(F)cc2)cc1. The topological polar surface area (TPSA) is 93.5 Å². The molecule has 0 saturated heterocycles. The summed E-state index contributed by atoms with van der Waals surface area (Å²) in [6.07, 6.45) is 0.